The van der Waals surface area contributed by atoms with E-state index >= 15 is 0 Å². The second-order valence-corrected chi connectivity index (χ2v) is 5.97. The number of halogens is 2. The largest absolute Gasteiger partial charge is 0.310 e. The highest BCUT2D eigenvalue weighted by molar-refractivity contribution is 9.10. The van der Waals surface area contributed by atoms with Gasteiger partial charge in [-0.15, -0.1) is 0 Å². The van der Waals surface area contributed by atoms with Crippen LogP contribution in [-0.4, -0.2) is 21.3 Å². The first kappa shape index (κ1) is 15.1. The minimum Gasteiger partial charge on any atom is -0.310 e. The summed E-state index contributed by atoms with van der Waals surface area (Å²) >= 11 is 3.41. The molecule has 0 aliphatic carbocycles. The molecule has 2 rings (SSSR count). The van der Waals surface area contributed by atoms with E-state index in [9.17, 15) is 4.39 Å². The number of hydrogen-bond acceptors (Lipinski definition) is 3. The van der Waals surface area contributed by atoms with Gasteiger partial charge in [0.25, 0.3) is 0 Å². The summed E-state index contributed by atoms with van der Waals surface area (Å²) in [6.45, 7) is 6.38. The molecule has 0 aliphatic heterocycles. The Bertz CT molecular complexity index is 568. The smallest absolute Gasteiger partial charge is 0.164 e. The molecule has 0 aliphatic rings. The van der Waals surface area contributed by atoms with Crippen molar-refractivity contribution in [3.8, 4) is 0 Å². The summed E-state index contributed by atoms with van der Waals surface area (Å²) in [5, 5.41) is 7.66. The zero-order valence-corrected chi connectivity index (χ0v) is 13.2. The molecular weight excluding hydrogens is 323 g/mol. The Labute approximate surface area is 126 Å². The van der Waals surface area contributed by atoms with Gasteiger partial charge in [0.05, 0.1) is 13.1 Å². The van der Waals surface area contributed by atoms with E-state index in [0.29, 0.717) is 19.0 Å². The molecule has 1 heterocycles. The first-order chi connectivity index (χ1) is 9.54. The maximum absolute atomic E-state index is 13.2. The van der Waals surface area contributed by atoms with Gasteiger partial charge in [0.15, 0.2) is 5.82 Å². The zero-order chi connectivity index (χ0) is 14.5. The van der Waals surface area contributed by atoms with Crippen LogP contribution >= 0.6 is 15.9 Å². The van der Waals surface area contributed by atoms with Gasteiger partial charge in [0.2, 0.25) is 0 Å². The van der Waals surface area contributed by atoms with Crippen LogP contribution in [0.2, 0.25) is 0 Å². The summed E-state index contributed by atoms with van der Waals surface area (Å²) in [5.74, 6) is 1.10. The summed E-state index contributed by atoms with van der Waals surface area (Å²) in [5.41, 5.74) is 0.844. The van der Waals surface area contributed by atoms with Crippen molar-refractivity contribution in [1.29, 1.82) is 0 Å². The summed E-state index contributed by atoms with van der Waals surface area (Å²) in [7, 11) is 0. The summed E-state index contributed by atoms with van der Waals surface area (Å²) in [6, 6.07) is 4.63. The van der Waals surface area contributed by atoms with Crippen LogP contribution in [0.5, 0.6) is 0 Å². The highest BCUT2D eigenvalue weighted by Gasteiger charge is 2.06. The average Bonchev–Trinajstić information content (AvgIpc) is 2.81. The van der Waals surface area contributed by atoms with Crippen LogP contribution in [0.15, 0.2) is 29.0 Å². The lowest BCUT2D eigenvalue weighted by atomic mass is 10.2. The third-order valence-corrected chi connectivity index (χ3v) is 3.53. The van der Waals surface area contributed by atoms with Crippen molar-refractivity contribution in [3.05, 3.63) is 46.2 Å². The Morgan fingerprint density at radius 2 is 2.20 bits per heavy atom. The van der Waals surface area contributed by atoms with Crippen LogP contribution in [-0.2, 0) is 13.1 Å². The van der Waals surface area contributed by atoms with E-state index in [2.05, 4.69) is 45.2 Å². The van der Waals surface area contributed by atoms with Gasteiger partial charge < -0.3 is 5.32 Å². The Hall–Kier alpha value is -1.27. The Morgan fingerprint density at radius 3 is 2.95 bits per heavy atom. The number of aromatic nitrogens is 3. The number of benzene rings is 1. The normalized spacial score (nSPS) is 11.2. The third-order valence-electron chi connectivity index (χ3n) is 2.76. The molecular formula is C14H18BrFN4. The van der Waals surface area contributed by atoms with Crippen molar-refractivity contribution >= 4 is 15.9 Å². The van der Waals surface area contributed by atoms with Crippen molar-refractivity contribution in [1.82, 2.24) is 20.1 Å². The predicted molar refractivity (Wildman–Crippen MR) is 79.8 cm³/mol. The molecule has 0 amide bonds. The summed E-state index contributed by atoms with van der Waals surface area (Å²) < 4.78 is 15.8. The Balaban J connectivity index is 1.97. The fourth-order valence-electron chi connectivity index (χ4n) is 1.80. The van der Waals surface area contributed by atoms with Crippen LogP contribution in [0.4, 0.5) is 4.39 Å². The van der Waals surface area contributed by atoms with E-state index in [1.807, 2.05) is 0 Å². The van der Waals surface area contributed by atoms with Gasteiger partial charge in [-0.05, 0) is 36.2 Å². The summed E-state index contributed by atoms with van der Waals surface area (Å²) in [4.78, 5) is 4.24. The molecule has 2 aromatic rings. The van der Waals surface area contributed by atoms with E-state index in [1.165, 1.54) is 12.1 Å². The summed E-state index contributed by atoms with van der Waals surface area (Å²) in [6.07, 6.45) is 1.67. The minimum absolute atomic E-state index is 0.248. The topological polar surface area (TPSA) is 42.7 Å². The van der Waals surface area contributed by atoms with Gasteiger partial charge in [-0.3, -0.25) is 0 Å². The van der Waals surface area contributed by atoms with Crippen LogP contribution in [0.25, 0.3) is 0 Å². The molecule has 0 bridgehead atoms. The quantitative estimate of drug-likeness (QED) is 0.878. The van der Waals surface area contributed by atoms with Crippen molar-refractivity contribution in [2.24, 2.45) is 5.92 Å². The molecule has 20 heavy (non-hydrogen) atoms. The van der Waals surface area contributed by atoms with Gasteiger partial charge in [-0.25, -0.2) is 14.1 Å². The maximum atomic E-state index is 13.2. The van der Waals surface area contributed by atoms with Gasteiger partial charge in [0.1, 0.15) is 12.1 Å². The van der Waals surface area contributed by atoms with Crippen LogP contribution in [0, 0.1) is 11.7 Å². The molecule has 0 radical (unpaired) electrons. The molecule has 108 valence electrons. The molecule has 0 saturated carbocycles. The highest BCUT2D eigenvalue weighted by Crippen LogP contribution is 2.18. The number of hydrogen-bond donors (Lipinski definition) is 1. The number of nitrogens with one attached hydrogen (secondary N) is 1. The third kappa shape index (κ3) is 4.38. The van der Waals surface area contributed by atoms with Crippen molar-refractivity contribution < 1.29 is 4.39 Å². The first-order valence-corrected chi connectivity index (χ1v) is 7.37. The Morgan fingerprint density at radius 1 is 1.40 bits per heavy atom. The lowest BCUT2D eigenvalue weighted by Gasteiger charge is -2.05. The Kier molecular flexibility index (Phi) is 5.25. The molecule has 0 fully saturated rings. The van der Waals surface area contributed by atoms with E-state index < -0.39 is 0 Å². The van der Waals surface area contributed by atoms with Crippen molar-refractivity contribution in [2.75, 3.05) is 6.54 Å². The van der Waals surface area contributed by atoms with Gasteiger partial charge in [-0.1, -0.05) is 29.8 Å². The minimum atomic E-state index is -0.248. The molecule has 1 aromatic heterocycles. The molecule has 0 spiro atoms. The molecule has 6 heteroatoms. The second-order valence-electron chi connectivity index (χ2n) is 5.12. The molecule has 0 unspecified atom stereocenters. The van der Waals surface area contributed by atoms with Crippen LogP contribution in [0.1, 0.15) is 25.2 Å². The number of rotatable bonds is 6. The van der Waals surface area contributed by atoms with Gasteiger partial charge in [0, 0.05) is 4.47 Å². The SMILES string of the molecule is CC(C)CNCc1ncn(Cc2cc(F)ccc2Br)n1. The van der Waals surface area contributed by atoms with Crippen molar-refractivity contribution in [3.63, 3.8) is 0 Å². The van der Waals surface area contributed by atoms with Crippen molar-refractivity contribution in [2.45, 2.75) is 26.9 Å². The molecule has 1 N–H and O–H groups in total. The van der Waals surface area contributed by atoms with E-state index in [-0.39, 0.29) is 5.82 Å². The van der Waals surface area contributed by atoms with E-state index in [1.54, 1.807) is 17.1 Å². The standard InChI is InChI=1S/C14H18BrFN4/c1-10(2)6-17-7-14-18-9-20(19-14)8-11-5-12(16)3-4-13(11)15/h3-5,9-10,17H,6-8H2,1-2H3. The molecule has 4 nitrogen and oxygen atoms in total. The second kappa shape index (κ2) is 6.95. The lowest BCUT2D eigenvalue weighted by molar-refractivity contribution is 0.539. The highest BCUT2D eigenvalue weighted by atomic mass is 79.9. The van der Waals surface area contributed by atoms with Crippen LogP contribution in [0.3, 0.4) is 0 Å². The first-order valence-electron chi connectivity index (χ1n) is 6.57. The monoisotopic (exact) mass is 340 g/mol. The average molecular weight is 341 g/mol. The molecule has 0 atom stereocenters. The fraction of sp³-hybridized carbons (Fsp3) is 0.429. The molecule has 1 aromatic carbocycles. The number of nitrogens with zero attached hydrogens (tertiary/aromatic N) is 3. The van der Waals surface area contributed by atoms with Gasteiger partial charge in [-0.2, -0.15) is 5.10 Å². The van der Waals surface area contributed by atoms with E-state index in [0.717, 1.165) is 22.4 Å². The zero-order valence-electron chi connectivity index (χ0n) is 11.6. The predicted octanol–water partition coefficient (Wildman–Crippen LogP) is 2.97. The van der Waals surface area contributed by atoms with Gasteiger partial charge >= 0.3 is 0 Å². The maximum Gasteiger partial charge on any atom is 0.164 e. The van der Waals surface area contributed by atoms with Crippen LogP contribution < -0.4 is 5.32 Å². The fourth-order valence-corrected chi connectivity index (χ4v) is 2.17. The lowest BCUT2D eigenvalue weighted by Crippen LogP contribution is -2.19. The molecule has 0 saturated heterocycles. The van der Waals surface area contributed by atoms with E-state index in [4.69, 9.17) is 0 Å².